The molecular weight excluding hydrogens is 646 g/mol. The number of hydrogen-bond acceptors (Lipinski definition) is 12. The second-order valence-corrected chi connectivity index (χ2v) is 16.8. The Bertz CT molecular complexity index is 1140. The number of rotatable bonds is 7. The Morgan fingerprint density at radius 2 is 1.46 bits per heavy atom. The average molecular weight is 714 g/mol. The maximum absolute atomic E-state index is 14.2. The number of carbonyl (C=O) groups excluding carboxylic acids is 2. The van der Waals surface area contributed by atoms with Crippen molar-refractivity contribution in [1.29, 1.82) is 0 Å². The predicted molar refractivity (Wildman–Crippen MR) is 186 cm³/mol. The molecule has 1 saturated carbocycles. The van der Waals surface area contributed by atoms with Crippen LogP contribution >= 0.6 is 0 Å². The normalized spacial score (nSPS) is 49.0. The summed E-state index contributed by atoms with van der Waals surface area (Å²) in [7, 11) is 5.38. The lowest BCUT2D eigenvalue weighted by Crippen LogP contribution is -2.58. The number of ketones is 1. The minimum atomic E-state index is -0.986. The highest BCUT2D eigenvalue weighted by Gasteiger charge is 2.50. The van der Waals surface area contributed by atoms with Gasteiger partial charge in [0.25, 0.3) is 0 Å². The smallest absolute Gasteiger partial charge is 0.311 e. The molecule has 3 N–H and O–H groups in total. The highest BCUT2D eigenvalue weighted by atomic mass is 16.7. The van der Waals surface area contributed by atoms with Crippen molar-refractivity contribution in [3.05, 3.63) is 0 Å². The van der Waals surface area contributed by atoms with Gasteiger partial charge < -0.3 is 48.6 Å². The molecule has 3 saturated heterocycles. The van der Waals surface area contributed by atoms with Gasteiger partial charge in [0.2, 0.25) is 0 Å². The third-order valence-corrected chi connectivity index (χ3v) is 12.4. The fourth-order valence-corrected chi connectivity index (χ4v) is 8.75. The van der Waals surface area contributed by atoms with Crippen molar-refractivity contribution < 1.29 is 53.3 Å². The van der Waals surface area contributed by atoms with Crippen molar-refractivity contribution in [2.75, 3.05) is 21.2 Å². The predicted octanol–water partition coefficient (Wildman–Crippen LogP) is 3.56. The van der Waals surface area contributed by atoms with Crippen LogP contribution < -0.4 is 0 Å². The van der Waals surface area contributed by atoms with Gasteiger partial charge in [0.1, 0.15) is 24.1 Å². The van der Waals surface area contributed by atoms with Gasteiger partial charge in [-0.05, 0) is 79.3 Å². The van der Waals surface area contributed by atoms with Gasteiger partial charge in [-0.3, -0.25) is 9.59 Å². The SMILES string of the molecule is CO[C@]1(C)C[C@H](O[C@H]2[C@@H](C)[C@@H](O[C@H]3O[C@H](C)C[C@H](N(C)C)[C@@H]3O)[C@@H](C)C[C@@H](C)C(=O)[C@H](C)[C@@H](O)[C@@H](C)[C@@H](C3CC3)OC(=O)[C@@H]2C)O[C@@H](C)[C@H]1O. The number of cyclic esters (lactones) is 1. The van der Waals surface area contributed by atoms with Gasteiger partial charge in [0, 0.05) is 43.2 Å². The first-order valence-electron chi connectivity index (χ1n) is 18.9. The average Bonchev–Trinajstić information content (AvgIpc) is 3.91. The number of carbonyl (C=O) groups is 2. The zero-order valence-electron chi connectivity index (χ0n) is 32.5. The highest BCUT2D eigenvalue weighted by Crippen LogP contribution is 2.42. The molecule has 0 aromatic rings. The van der Waals surface area contributed by atoms with E-state index < -0.39 is 96.5 Å². The zero-order valence-corrected chi connectivity index (χ0v) is 32.5. The summed E-state index contributed by atoms with van der Waals surface area (Å²) < 4.78 is 38.0. The van der Waals surface area contributed by atoms with E-state index in [9.17, 15) is 24.9 Å². The molecule has 4 rings (SSSR count). The third kappa shape index (κ3) is 9.10. The van der Waals surface area contributed by atoms with E-state index >= 15 is 0 Å². The van der Waals surface area contributed by atoms with E-state index in [1.54, 1.807) is 27.9 Å². The topological polar surface area (TPSA) is 153 Å². The van der Waals surface area contributed by atoms with Gasteiger partial charge in [-0.15, -0.1) is 0 Å². The van der Waals surface area contributed by atoms with Crippen LogP contribution in [0.15, 0.2) is 0 Å². The molecule has 18 atom stereocenters. The second-order valence-electron chi connectivity index (χ2n) is 16.8. The van der Waals surface area contributed by atoms with Crippen LogP contribution in [-0.2, 0) is 38.0 Å². The maximum atomic E-state index is 14.2. The fourth-order valence-electron chi connectivity index (χ4n) is 8.75. The summed E-state index contributed by atoms with van der Waals surface area (Å²) in [5.41, 5.74) is -0.952. The van der Waals surface area contributed by atoms with Gasteiger partial charge in [0.15, 0.2) is 12.6 Å². The van der Waals surface area contributed by atoms with E-state index in [1.807, 2.05) is 60.5 Å². The van der Waals surface area contributed by atoms with Crippen LogP contribution in [0.2, 0.25) is 0 Å². The van der Waals surface area contributed by atoms with E-state index in [4.69, 9.17) is 28.4 Å². The highest BCUT2D eigenvalue weighted by molar-refractivity contribution is 5.83. The molecule has 290 valence electrons. The minimum Gasteiger partial charge on any atom is -0.461 e. The minimum absolute atomic E-state index is 0.0565. The first-order chi connectivity index (χ1) is 23.3. The van der Waals surface area contributed by atoms with E-state index in [2.05, 4.69) is 0 Å². The molecule has 0 unspecified atom stereocenters. The van der Waals surface area contributed by atoms with Crippen molar-refractivity contribution >= 4 is 11.8 Å². The molecular formula is C38H67NO11. The molecule has 0 aromatic carbocycles. The van der Waals surface area contributed by atoms with Gasteiger partial charge in [-0.1, -0.05) is 34.6 Å². The Labute approximate surface area is 299 Å². The molecule has 0 spiro atoms. The van der Waals surface area contributed by atoms with Crippen molar-refractivity contribution in [1.82, 2.24) is 4.90 Å². The Morgan fingerprint density at radius 3 is 2.04 bits per heavy atom. The molecule has 4 aliphatic rings. The number of methoxy groups -OCH3 is 1. The molecule has 50 heavy (non-hydrogen) atoms. The summed E-state index contributed by atoms with van der Waals surface area (Å²) in [5, 5.41) is 33.9. The van der Waals surface area contributed by atoms with Gasteiger partial charge in [-0.25, -0.2) is 0 Å². The molecule has 12 nitrogen and oxygen atoms in total. The Balaban J connectivity index is 1.76. The lowest BCUT2D eigenvalue weighted by Gasteiger charge is -2.47. The molecule has 0 aromatic heterocycles. The molecule has 3 heterocycles. The lowest BCUT2D eigenvalue weighted by atomic mass is 9.76. The van der Waals surface area contributed by atoms with E-state index in [-0.39, 0.29) is 36.2 Å². The number of esters is 1. The first-order valence-corrected chi connectivity index (χ1v) is 18.9. The number of Topliss-reactive ketones (excluding diaryl/α,β-unsaturated/α-hetero) is 1. The van der Waals surface area contributed by atoms with E-state index in [1.165, 1.54) is 0 Å². The third-order valence-electron chi connectivity index (χ3n) is 12.4. The monoisotopic (exact) mass is 713 g/mol. The van der Waals surface area contributed by atoms with Crippen molar-refractivity contribution in [3.63, 3.8) is 0 Å². The molecule has 3 aliphatic heterocycles. The van der Waals surface area contributed by atoms with Crippen LogP contribution in [-0.4, -0.2) is 126 Å². The van der Waals surface area contributed by atoms with Crippen LogP contribution in [0.1, 0.15) is 94.4 Å². The largest absolute Gasteiger partial charge is 0.461 e. The van der Waals surface area contributed by atoms with Crippen LogP contribution in [0.3, 0.4) is 0 Å². The van der Waals surface area contributed by atoms with Crippen LogP contribution in [0.25, 0.3) is 0 Å². The maximum Gasteiger partial charge on any atom is 0.311 e. The summed E-state index contributed by atoms with van der Waals surface area (Å²) in [5.74, 6) is -3.45. The molecule has 12 heteroatoms. The summed E-state index contributed by atoms with van der Waals surface area (Å²) in [4.78, 5) is 30.0. The zero-order chi connectivity index (χ0) is 37.4. The number of hydrogen-bond donors (Lipinski definition) is 3. The van der Waals surface area contributed by atoms with Gasteiger partial charge in [-0.2, -0.15) is 0 Å². The number of nitrogens with zero attached hydrogens (tertiary/aromatic N) is 1. The molecule has 0 radical (unpaired) electrons. The van der Waals surface area contributed by atoms with Gasteiger partial charge in [0.05, 0.1) is 42.0 Å². The van der Waals surface area contributed by atoms with Crippen LogP contribution in [0, 0.1) is 41.4 Å². The number of likely N-dealkylation sites (N-methyl/N-ethyl adjacent to an activating group) is 1. The summed E-state index contributed by atoms with van der Waals surface area (Å²) in [6, 6.07) is -0.201. The second kappa shape index (κ2) is 16.8. The fraction of sp³-hybridized carbons (Fsp3) is 0.947. The number of ether oxygens (including phenoxy) is 6. The van der Waals surface area contributed by atoms with Crippen molar-refractivity contribution in [3.8, 4) is 0 Å². The molecule has 1 aliphatic carbocycles. The molecule has 0 bridgehead atoms. The van der Waals surface area contributed by atoms with Gasteiger partial charge >= 0.3 is 5.97 Å². The van der Waals surface area contributed by atoms with E-state index in [0.717, 1.165) is 12.8 Å². The summed E-state index contributed by atoms with van der Waals surface area (Å²) in [6.45, 7) is 16.8. The van der Waals surface area contributed by atoms with Crippen LogP contribution in [0.5, 0.6) is 0 Å². The first kappa shape index (κ1) is 41.5. The standard InChI is InChI=1S/C38H67NO11/c1-18-15-19(2)32(50-37-31(42)27(39(10)11)16-20(3)46-37)23(6)33(48-28-17-38(9,45-12)35(43)25(8)47-28)24(7)36(44)49-34(26-13-14-26)22(5)30(41)21(4)29(18)40/h18-28,30-35,37,41-43H,13-17H2,1-12H3/t18-,19+,20-,21+,22-,23+,24-,25+,27+,28+,30-,31+,32+,33+,34+,35-,37-,38-/m1/s1. The number of aliphatic hydroxyl groups excluding tert-OH is 3. The Kier molecular flexibility index (Phi) is 14.0. The Hall–Kier alpha value is -1.22. The molecule has 4 fully saturated rings. The Morgan fingerprint density at radius 1 is 0.820 bits per heavy atom. The molecule has 0 amide bonds. The number of aliphatic hydroxyl groups is 3. The summed E-state index contributed by atoms with van der Waals surface area (Å²) in [6.07, 6.45) is -4.35. The van der Waals surface area contributed by atoms with Crippen molar-refractivity contribution in [2.24, 2.45) is 41.4 Å². The van der Waals surface area contributed by atoms with Crippen LogP contribution in [0.4, 0.5) is 0 Å². The van der Waals surface area contributed by atoms with E-state index in [0.29, 0.717) is 12.8 Å². The summed E-state index contributed by atoms with van der Waals surface area (Å²) >= 11 is 0. The lowest BCUT2D eigenvalue weighted by molar-refractivity contribution is -0.309. The quantitative estimate of drug-likeness (QED) is 0.331. The van der Waals surface area contributed by atoms with Crippen molar-refractivity contribution in [2.45, 2.75) is 167 Å².